The molecular formula is C19H15FN2O2S. The number of hydrogen-bond acceptors (Lipinski definition) is 4. The summed E-state index contributed by atoms with van der Waals surface area (Å²) in [6.07, 6.45) is 3.42. The Morgan fingerprint density at radius 2 is 1.96 bits per heavy atom. The number of thioether (sulfide) groups is 1. The summed E-state index contributed by atoms with van der Waals surface area (Å²) in [5, 5.41) is 3.00. The smallest absolute Gasteiger partial charge is 0.264 e. The average Bonchev–Trinajstić information content (AvgIpc) is 2.95. The number of nitrogens with zero attached hydrogens (tertiary/aromatic N) is 1. The third-order valence-corrected chi connectivity index (χ3v) is 4.18. The summed E-state index contributed by atoms with van der Waals surface area (Å²) < 4.78 is 19.1. The number of ether oxygens (including phenoxy) is 1. The molecule has 1 heterocycles. The van der Waals surface area contributed by atoms with E-state index in [9.17, 15) is 9.18 Å². The molecule has 0 atom stereocenters. The molecule has 1 fully saturated rings. The highest BCUT2D eigenvalue weighted by atomic mass is 32.2. The van der Waals surface area contributed by atoms with E-state index >= 15 is 0 Å². The van der Waals surface area contributed by atoms with E-state index in [0.717, 1.165) is 11.3 Å². The first-order valence-electron chi connectivity index (χ1n) is 7.53. The van der Waals surface area contributed by atoms with Gasteiger partial charge in [0.15, 0.2) is 5.17 Å². The van der Waals surface area contributed by atoms with Crippen molar-refractivity contribution in [3.63, 3.8) is 0 Å². The van der Waals surface area contributed by atoms with Crippen LogP contribution < -0.4 is 10.1 Å². The molecule has 1 N–H and O–H groups in total. The maximum absolute atomic E-state index is 13.6. The van der Waals surface area contributed by atoms with Crippen LogP contribution in [0.2, 0.25) is 0 Å². The average molecular weight is 354 g/mol. The van der Waals surface area contributed by atoms with E-state index in [0.29, 0.717) is 16.7 Å². The minimum absolute atomic E-state index is 0.190. The Hall–Kier alpha value is -2.86. The van der Waals surface area contributed by atoms with E-state index in [-0.39, 0.29) is 11.6 Å². The molecule has 0 radical (unpaired) electrons. The molecule has 1 saturated heterocycles. The lowest BCUT2D eigenvalue weighted by Crippen LogP contribution is -2.19. The molecule has 2 aromatic rings. The number of amidine groups is 1. The number of halogens is 1. The predicted octanol–water partition coefficient (Wildman–Crippen LogP) is 4.28. The van der Waals surface area contributed by atoms with Crippen LogP contribution in [-0.2, 0) is 4.79 Å². The number of carbonyl (C=O) groups is 1. The molecule has 2 aromatic carbocycles. The highest BCUT2D eigenvalue weighted by Gasteiger charge is 2.24. The van der Waals surface area contributed by atoms with Gasteiger partial charge in [-0.25, -0.2) is 9.38 Å². The Balaban J connectivity index is 1.75. The SMILES string of the molecule is C=CCOc1ccc(/C=C2\SC(=Nc3ccccc3F)NC2=O)cc1. The lowest BCUT2D eigenvalue weighted by molar-refractivity contribution is -0.115. The molecule has 6 heteroatoms. The van der Waals surface area contributed by atoms with E-state index in [1.165, 1.54) is 17.8 Å². The van der Waals surface area contributed by atoms with Gasteiger partial charge in [-0.05, 0) is 47.7 Å². The second-order valence-electron chi connectivity index (χ2n) is 5.10. The predicted molar refractivity (Wildman–Crippen MR) is 99.3 cm³/mol. The first kappa shape index (κ1) is 17.0. The number of rotatable bonds is 5. The summed E-state index contributed by atoms with van der Waals surface area (Å²) in [6.45, 7) is 4.04. The van der Waals surface area contributed by atoms with Crippen molar-refractivity contribution in [3.05, 3.63) is 77.5 Å². The van der Waals surface area contributed by atoms with Crippen LogP contribution in [0, 0.1) is 5.82 Å². The number of amides is 1. The fraction of sp³-hybridized carbons (Fsp3) is 0.0526. The van der Waals surface area contributed by atoms with Gasteiger partial charge >= 0.3 is 0 Å². The zero-order chi connectivity index (χ0) is 17.6. The first-order chi connectivity index (χ1) is 12.2. The lowest BCUT2D eigenvalue weighted by Gasteiger charge is -2.03. The standard InChI is InChI=1S/C19H15FN2O2S/c1-2-11-24-14-9-7-13(8-10-14)12-17-18(23)22-19(25-17)21-16-6-4-3-5-15(16)20/h2-10,12H,1,11H2,(H,21,22,23)/b17-12-. The molecule has 25 heavy (non-hydrogen) atoms. The number of nitrogens with one attached hydrogen (secondary N) is 1. The normalized spacial score (nSPS) is 16.9. The fourth-order valence-electron chi connectivity index (χ4n) is 2.10. The molecule has 126 valence electrons. The Morgan fingerprint density at radius 3 is 2.68 bits per heavy atom. The topological polar surface area (TPSA) is 50.7 Å². The zero-order valence-electron chi connectivity index (χ0n) is 13.2. The molecule has 1 aliphatic rings. The molecule has 0 bridgehead atoms. The van der Waals surface area contributed by atoms with Crippen LogP contribution in [0.1, 0.15) is 5.56 Å². The number of hydrogen-bond donors (Lipinski definition) is 1. The molecule has 0 aliphatic carbocycles. The van der Waals surface area contributed by atoms with E-state index in [2.05, 4.69) is 16.9 Å². The number of carbonyl (C=O) groups excluding carboxylic acids is 1. The zero-order valence-corrected chi connectivity index (χ0v) is 14.1. The molecule has 0 aromatic heterocycles. The molecule has 0 unspecified atom stereocenters. The van der Waals surface area contributed by atoms with Gasteiger partial charge in [0.1, 0.15) is 23.9 Å². The molecule has 4 nitrogen and oxygen atoms in total. The van der Waals surface area contributed by atoms with Crippen LogP contribution in [0.4, 0.5) is 10.1 Å². The van der Waals surface area contributed by atoms with E-state index in [1.54, 1.807) is 30.4 Å². The molecule has 0 saturated carbocycles. The van der Waals surface area contributed by atoms with Gasteiger partial charge in [0.25, 0.3) is 5.91 Å². The highest BCUT2D eigenvalue weighted by molar-refractivity contribution is 8.18. The van der Waals surface area contributed by atoms with Crippen molar-refractivity contribution in [3.8, 4) is 5.75 Å². The molecule has 3 rings (SSSR count). The van der Waals surface area contributed by atoms with Gasteiger partial charge in [-0.3, -0.25) is 4.79 Å². The molecule has 1 amide bonds. The summed E-state index contributed by atoms with van der Waals surface area (Å²) in [6, 6.07) is 13.5. The monoisotopic (exact) mass is 354 g/mol. The summed E-state index contributed by atoms with van der Waals surface area (Å²) >= 11 is 1.17. The summed E-state index contributed by atoms with van der Waals surface area (Å²) in [5.74, 6) is 0.0387. The van der Waals surface area contributed by atoms with Crippen LogP contribution in [0.5, 0.6) is 5.75 Å². The number of aliphatic imine (C=N–C) groups is 1. The largest absolute Gasteiger partial charge is 0.490 e. The van der Waals surface area contributed by atoms with Crippen LogP contribution in [0.3, 0.4) is 0 Å². The molecule has 0 spiro atoms. The van der Waals surface area contributed by atoms with Crippen molar-refractivity contribution in [1.29, 1.82) is 0 Å². The van der Waals surface area contributed by atoms with Crippen molar-refractivity contribution in [2.45, 2.75) is 0 Å². The first-order valence-corrected chi connectivity index (χ1v) is 8.35. The van der Waals surface area contributed by atoms with Crippen molar-refractivity contribution in [1.82, 2.24) is 5.32 Å². The summed E-state index contributed by atoms with van der Waals surface area (Å²) in [5.41, 5.74) is 1.05. The van der Waals surface area contributed by atoms with Crippen molar-refractivity contribution >= 4 is 34.6 Å². The molecular weight excluding hydrogens is 339 g/mol. The van der Waals surface area contributed by atoms with Gasteiger partial charge in [-0.15, -0.1) is 0 Å². The van der Waals surface area contributed by atoms with Crippen molar-refractivity contribution in [2.75, 3.05) is 6.61 Å². The Labute approximate surface area is 149 Å². The Morgan fingerprint density at radius 1 is 1.20 bits per heavy atom. The minimum Gasteiger partial charge on any atom is -0.490 e. The van der Waals surface area contributed by atoms with Crippen LogP contribution >= 0.6 is 11.8 Å². The van der Waals surface area contributed by atoms with Gasteiger partial charge in [0, 0.05) is 0 Å². The number of benzene rings is 2. The van der Waals surface area contributed by atoms with Gasteiger partial charge in [0.05, 0.1) is 4.91 Å². The van der Waals surface area contributed by atoms with Gasteiger partial charge in [-0.1, -0.05) is 36.9 Å². The second kappa shape index (κ2) is 7.81. The van der Waals surface area contributed by atoms with Crippen LogP contribution in [0.15, 0.2) is 71.1 Å². The van der Waals surface area contributed by atoms with Gasteiger partial charge in [0.2, 0.25) is 0 Å². The summed E-state index contributed by atoms with van der Waals surface area (Å²) in [4.78, 5) is 16.7. The maximum atomic E-state index is 13.6. The maximum Gasteiger partial charge on any atom is 0.264 e. The Kier molecular flexibility index (Phi) is 5.30. The molecule has 1 aliphatic heterocycles. The van der Waals surface area contributed by atoms with Crippen molar-refractivity contribution in [2.24, 2.45) is 4.99 Å². The van der Waals surface area contributed by atoms with Crippen LogP contribution in [0.25, 0.3) is 6.08 Å². The quantitative estimate of drug-likeness (QED) is 0.644. The van der Waals surface area contributed by atoms with Gasteiger partial charge < -0.3 is 10.1 Å². The minimum atomic E-state index is -0.433. The van der Waals surface area contributed by atoms with E-state index in [1.807, 2.05) is 24.3 Å². The van der Waals surface area contributed by atoms with Crippen LogP contribution in [-0.4, -0.2) is 17.7 Å². The fourth-order valence-corrected chi connectivity index (χ4v) is 2.93. The lowest BCUT2D eigenvalue weighted by atomic mass is 10.2. The van der Waals surface area contributed by atoms with Gasteiger partial charge in [-0.2, -0.15) is 0 Å². The van der Waals surface area contributed by atoms with E-state index < -0.39 is 5.82 Å². The summed E-state index contributed by atoms with van der Waals surface area (Å²) in [7, 11) is 0. The Bertz CT molecular complexity index is 860. The highest BCUT2D eigenvalue weighted by Crippen LogP contribution is 2.29. The third kappa shape index (κ3) is 4.36. The number of para-hydroxylation sites is 1. The van der Waals surface area contributed by atoms with Crippen molar-refractivity contribution < 1.29 is 13.9 Å². The third-order valence-electron chi connectivity index (χ3n) is 3.27. The van der Waals surface area contributed by atoms with E-state index in [4.69, 9.17) is 4.74 Å². The second-order valence-corrected chi connectivity index (χ2v) is 6.13.